The first-order valence-corrected chi connectivity index (χ1v) is 20.3. The van der Waals surface area contributed by atoms with Gasteiger partial charge in [0.25, 0.3) is 35.4 Å². The maximum absolute atomic E-state index is 13.6. The third kappa shape index (κ3) is 8.03. The van der Waals surface area contributed by atoms with Crippen LogP contribution in [-0.2, 0) is 20.9 Å². The lowest BCUT2D eigenvalue weighted by Gasteiger charge is -2.33. The molecule has 16 heteroatoms. The number of fused-ring (bicyclic) bond motifs is 2. The molecule has 8 amide bonds. The van der Waals surface area contributed by atoms with Gasteiger partial charge >= 0.3 is 0 Å². The Labute approximate surface area is 349 Å². The van der Waals surface area contributed by atoms with Crippen molar-refractivity contribution in [1.29, 1.82) is 0 Å². The highest BCUT2D eigenvalue weighted by Gasteiger charge is 2.45. The summed E-state index contributed by atoms with van der Waals surface area (Å²) in [7, 11) is 0. The van der Waals surface area contributed by atoms with Crippen LogP contribution in [0.25, 0.3) is 0 Å². The van der Waals surface area contributed by atoms with Crippen LogP contribution in [-0.4, -0.2) is 99.8 Å². The lowest BCUT2D eigenvalue weighted by molar-refractivity contribution is -0.136. The molecule has 4 aromatic carbocycles. The Morgan fingerprint density at radius 2 is 1.39 bits per heavy atom. The van der Waals surface area contributed by atoms with Crippen molar-refractivity contribution in [1.82, 2.24) is 20.0 Å². The third-order valence-electron chi connectivity index (χ3n) is 11.7. The van der Waals surface area contributed by atoms with Crippen molar-refractivity contribution < 1.29 is 43.1 Å². The van der Waals surface area contributed by atoms with Gasteiger partial charge in [-0.15, -0.1) is 0 Å². The molecule has 4 aromatic rings. The zero-order chi connectivity index (χ0) is 42.4. The first-order chi connectivity index (χ1) is 29.5. The topological polar surface area (TPSA) is 204 Å². The Hall–Kier alpha value is -7.36. The number of amides is 8. The number of anilines is 3. The summed E-state index contributed by atoms with van der Waals surface area (Å²) in [6.07, 6.45) is 3.25. The molecule has 3 fully saturated rings. The first kappa shape index (κ1) is 39.1. The maximum Gasteiger partial charge on any atom is 0.262 e. The zero-order valence-electron chi connectivity index (χ0n) is 32.9. The number of hydrogen-bond donors (Lipinski definition) is 4. The van der Waals surface area contributed by atoms with E-state index in [9.17, 15) is 38.4 Å². The minimum absolute atomic E-state index is 0.00898. The molecule has 4 heterocycles. The highest BCUT2D eigenvalue weighted by Crippen LogP contribution is 2.34. The number of benzene rings is 4. The van der Waals surface area contributed by atoms with Crippen LogP contribution in [0.5, 0.6) is 5.75 Å². The normalized spacial score (nSPS) is 18.7. The molecule has 1 saturated carbocycles. The van der Waals surface area contributed by atoms with Crippen molar-refractivity contribution in [3.63, 3.8) is 0 Å². The molecule has 16 nitrogen and oxygen atoms in total. The minimum Gasteiger partial charge on any atom is -0.482 e. The molecule has 2 saturated heterocycles. The summed E-state index contributed by atoms with van der Waals surface area (Å²) in [5, 5.41) is 11.2. The van der Waals surface area contributed by atoms with Crippen LogP contribution in [0, 0.1) is 0 Å². The highest BCUT2D eigenvalue weighted by atomic mass is 16.5. The van der Waals surface area contributed by atoms with E-state index in [4.69, 9.17) is 4.74 Å². The van der Waals surface area contributed by atoms with E-state index < -0.39 is 29.7 Å². The number of carbonyl (C=O) groups is 8. The van der Waals surface area contributed by atoms with E-state index in [0.29, 0.717) is 72.0 Å². The summed E-state index contributed by atoms with van der Waals surface area (Å²) >= 11 is 0. The zero-order valence-corrected chi connectivity index (χ0v) is 32.9. The first-order valence-electron chi connectivity index (χ1n) is 20.3. The molecule has 5 aliphatic rings. The SMILES string of the molecule is O=C1CCC(N2C(=O)c3ccc(NC4CCN(C(=O)c5ccc(NC(=O)c6ccc(CN(C(=O)c7ccc8c(c7)OCC(=O)N8)C7CC7)cc6)cc5)CC4)cc3C2=O)C(=O)N1. The smallest absolute Gasteiger partial charge is 0.262 e. The number of piperidine rings is 2. The number of likely N-dealkylation sites (tertiary alicyclic amines) is 1. The Kier molecular flexibility index (Phi) is 10.3. The molecule has 0 bridgehead atoms. The molecule has 1 atom stereocenters. The number of imide groups is 2. The van der Waals surface area contributed by atoms with Crippen LogP contribution in [0.2, 0.25) is 0 Å². The van der Waals surface area contributed by atoms with E-state index >= 15 is 0 Å². The number of carbonyl (C=O) groups excluding carboxylic acids is 8. The van der Waals surface area contributed by atoms with E-state index in [0.717, 1.165) is 23.3 Å². The van der Waals surface area contributed by atoms with Gasteiger partial charge in [-0.3, -0.25) is 48.6 Å². The molecule has 1 aliphatic carbocycles. The van der Waals surface area contributed by atoms with Gasteiger partial charge in [0.2, 0.25) is 11.8 Å². The second kappa shape index (κ2) is 16.0. The number of hydrogen-bond acceptors (Lipinski definition) is 10. The van der Waals surface area contributed by atoms with Gasteiger partial charge in [-0.2, -0.15) is 0 Å². The maximum atomic E-state index is 13.6. The Morgan fingerprint density at radius 1 is 0.705 bits per heavy atom. The number of nitrogens with zero attached hydrogens (tertiary/aromatic N) is 3. The predicted molar refractivity (Wildman–Crippen MR) is 220 cm³/mol. The molecule has 61 heavy (non-hydrogen) atoms. The molecule has 9 rings (SSSR count). The van der Waals surface area contributed by atoms with Crippen molar-refractivity contribution >= 4 is 64.3 Å². The fraction of sp³-hybridized carbons (Fsp3) is 0.289. The standard InChI is InChI=1S/C45H41N7O9/c53-38-16-15-36(41(56)49-38)52-44(59)33-13-10-31(22-34(33)45(52)60)46-30-17-19-50(20-18-30)42(57)27-5-8-29(9-6-27)47-40(55)26-3-1-25(2-4-26)23-51(32-11-12-32)43(58)28-7-14-35-37(21-28)61-24-39(54)48-35/h1-10,13-14,21-22,30,32,36,46H,11-12,15-20,23-24H2,(H,47,55)(H,48,54)(H,49,53,56). The lowest BCUT2D eigenvalue weighted by Crippen LogP contribution is -2.54. The van der Waals surface area contributed by atoms with Crippen LogP contribution in [0.1, 0.15) is 95.9 Å². The number of nitrogens with one attached hydrogen (secondary N) is 4. The van der Waals surface area contributed by atoms with Crippen molar-refractivity contribution in [3.05, 3.63) is 118 Å². The molecule has 4 aliphatic heterocycles. The van der Waals surface area contributed by atoms with Gasteiger partial charge in [-0.1, -0.05) is 12.1 Å². The summed E-state index contributed by atoms with van der Waals surface area (Å²) in [6, 6.07) is 22.8. The fourth-order valence-corrected chi connectivity index (χ4v) is 8.19. The van der Waals surface area contributed by atoms with Gasteiger partial charge in [-0.25, -0.2) is 0 Å². The summed E-state index contributed by atoms with van der Waals surface area (Å²) in [4.78, 5) is 107. The summed E-state index contributed by atoms with van der Waals surface area (Å²) in [5.41, 5.74) is 4.39. The Morgan fingerprint density at radius 3 is 2.11 bits per heavy atom. The van der Waals surface area contributed by atoms with E-state index in [1.807, 2.05) is 17.0 Å². The van der Waals surface area contributed by atoms with Gasteiger partial charge in [0.15, 0.2) is 6.61 Å². The van der Waals surface area contributed by atoms with E-state index in [1.165, 1.54) is 0 Å². The molecule has 310 valence electrons. The monoisotopic (exact) mass is 823 g/mol. The van der Waals surface area contributed by atoms with Gasteiger partial charge in [-0.05, 0) is 110 Å². The summed E-state index contributed by atoms with van der Waals surface area (Å²) in [6.45, 7) is 1.26. The Balaban J connectivity index is 0.752. The average Bonchev–Trinajstić information content (AvgIpc) is 4.08. The summed E-state index contributed by atoms with van der Waals surface area (Å²) < 4.78 is 5.50. The predicted octanol–water partition coefficient (Wildman–Crippen LogP) is 4.19. The van der Waals surface area contributed by atoms with E-state index in [1.54, 1.807) is 77.7 Å². The van der Waals surface area contributed by atoms with Crippen molar-refractivity contribution in [2.45, 2.75) is 63.2 Å². The van der Waals surface area contributed by atoms with E-state index in [2.05, 4.69) is 21.3 Å². The molecule has 4 N–H and O–H groups in total. The van der Waals surface area contributed by atoms with Gasteiger partial charge in [0.05, 0.1) is 16.8 Å². The Bertz CT molecular complexity index is 2510. The fourth-order valence-electron chi connectivity index (χ4n) is 8.19. The molecule has 0 spiro atoms. The van der Waals surface area contributed by atoms with Crippen molar-refractivity contribution in [3.8, 4) is 5.75 Å². The van der Waals surface area contributed by atoms with E-state index in [-0.39, 0.29) is 66.3 Å². The average molecular weight is 824 g/mol. The summed E-state index contributed by atoms with van der Waals surface area (Å²) in [5.74, 6) is -2.58. The van der Waals surface area contributed by atoms with Crippen LogP contribution in [0.3, 0.4) is 0 Å². The highest BCUT2D eigenvalue weighted by molar-refractivity contribution is 6.23. The molecule has 0 aromatic heterocycles. The number of ether oxygens (including phenoxy) is 1. The minimum atomic E-state index is -1.03. The van der Waals surface area contributed by atoms with Crippen LogP contribution in [0.15, 0.2) is 84.9 Å². The van der Waals surface area contributed by atoms with Gasteiger partial charge in [0, 0.05) is 66.2 Å². The quantitative estimate of drug-likeness (QED) is 0.168. The molecule has 1 unspecified atom stereocenters. The van der Waals surface area contributed by atoms with Gasteiger partial charge < -0.3 is 30.5 Å². The second-order valence-corrected chi connectivity index (χ2v) is 15.9. The van der Waals surface area contributed by atoms with Crippen molar-refractivity contribution in [2.75, 3.05) is 35.6 Å². The third-order valence-corrected chi connectivity index (χ3v) is 11.7. The molecule has 0 radical (unpaired) electrons. The molecular formula is C45H41N7O9. The van der Waals surface area contributed by atoms with Crippen molar-refractivity contribution in [2.24, 2.45) is 0 Å². The van der Waals surface area contributed by atoms with Crippen LogP contribution < -0.4 is 26.0 Å². The van der Waals surface area contributed by atoms with Crippen LogP contribution in [0.4, 0.5) is 17.1 Å². The largest absolute Gasteiger partial charge is 0.482 e. The van der Waals surface area contributed by atoms with Crippen LogP contribution >= 0.6 is 0 Å². The van der Waals surface area contributed by atoms with Gasteiger partial charge in [0.1, 0.15) is 11.8 Å². The second-order valence-electron chi connectivity index (χ2n) is 15.9. The molecular weight excluding hydrogens is 783 g/mol. The lowest BCUT2D eigenvalue weighted by atomic mass is 10.0. The number of rotatable bonds is 10.